The first-order valence-electron chi connectivity index (χ1n) is 6.09. The predicted molar refractivity (Wildman–Crippen MR) is 72.2 cm³/mol. The average molecular weight is 329 g/mol. The van der Waals surface area contributed by atoms with Gasteiger partial charge in [-0.25, -0.2) is 4.39 Å². The quantitative estimate of drug-likeness (QED) is 0.868. The second-order valence-corrected chi connectivity index (χ2v) is 5.24. The van der Waals surface area contributed by atoms with Crippen LogP contribution < -0.4 is 10.6 Å². The maximum Gasteiger partial charge on any atom is 0.252 e. The lowest BCUT2D eigenvalue weighted by Gasteiger charge is -2.07. The molecule has 1 saturated carbocycles. The van der Waals surface area contributed by atoms with Crippen molar-refractivity contribution in [3.8, 4) is 0 Å². The van der Waals surface area contributed by atoms with Crippen LogP contribution in [-0.4, -0.2) is 24.4 Å². The molecule has 2 rings (SSSR count). The van der Waals surface area contributed by atoms with Crippen molar-refractivity contribution >= 4 is 27.7 Å². The number of carbonyl (C=O) groups excluding carboxylic acids is 2. The minimum Gasteiger partial charge on any atom is -0.353 e. The van der Waals surface area contributed by atoms with Gasteiger partial charge in [0.2, 0.25) is 5.91 Å². The van der Waals surface area contributed by atoms with Gasteiger partial charge in [0.05, 0.1) is 10.0 Å². The SMILES string of the molecule is O=C(CCNC(=O)c1cccc(F)c1Br)NC1CC1. The molecule has 1 aromatic rings. The smallest absolute Gasteiger partial charge is 0.252 e. The number of nitrogens with one attached hydrogen (secondary N) is 2. The van der Waals surface area contributed by atoms with E-state index in [-0.39, 0.29) is 28.9 Å². The monoisotopic (exact) mass is 328 g/mol. The second-order valence-electron chi connectivity index (χ2n) is 4.45. The number of hydrogen-bond acceptors (Lipinski definition) is 2. The predicted octanol–water partition coefficient (Wildman–Crippen LogP) is 1.99. The summed E-state index contributed by atoms with van der Waals surface area (Å²) in [5, 5.41) is 5.42. The first-order valence-corrected chi connectivity index (χ1v) is 6.89. The van der Waals surface area contributed by atoms with Crippen molar-refractivity contribution in [2.75, 3.05) is 6.54 Å². The van der Waals surface area contributed by atoms with Gasteiger partial charge in [-0.05, 0) is 40.9 Å². The molecule has 0 atom stereocenters. The van der Waals surface area contributed by atoms with Crippen molar-refractivity contribution in [1.29, 1.82) is 0 Å². The van der Waals surface area contributed by atoms with Gasteiger partial charge < -0.3 is 10.6 Å². The van der Waals surface area contributed by atoms with Crippen LogP contribution in [-0.2, 0) is 4.79 Å². The van der Waals surface area contributed by atoms with Crippen LogP contribution in [0.2, 0.25) is 0 Å². The molecule has 0 aromatic heterocycles. The summed E-state index contributed by atoms with van der Waals surface area (Å²) in [6, 6.07) is 4.58. The highest BCUT2D eigenvalue weighted by molar-refractivity contribution is 9.10. The first-order chi connectivity index (χ1) is 9.08. The van der Waals surface area contributed by atoms with E-state index in [0.717, 1.165) is 12.8 Å². The van der Waals surface area contributed by atoms with Gasteiger partial charge in [0, 0.05) is 19.0 Å². The fraction of sp³-hybridized carbons (Fsp3) is 0.385. The van der Waals surface area contributed by atoms with Crippen molar-refractivity contribution < 1.29 is 14.0 Å². The van der Waals surface area contributed by atoms with Gasteiger partial charge in [-0.3, -0.25) is 9.59 Å². The standard InChI is InChI=1S/C13H14BrFN2O2/c14-12-9(2-1-3-10(12)15)13(19)16-7-6-11(18)17-8-4-5-8/h1-3,8H,4-7H2,(H,16,19)(H,17,18). The van der Waals surface area contributed by atoms with Crippen LogP contribution in [0.25, 0.3) is 0 Å². The molecule has 1 aromatic carbocycles. The summed E-state index contributed by atoms with van der Waals surface area (Å²) in [6.07, 6.45) is 2.30. The van der Waals surface area contributed by atoms with Crippen LogP contribution in [0.4, 0.5) is 4.39 Å². The molecule has 1 aliphatic carbocycles. The highest BCUT2D eigenvalue weighted by atomic mass is 79.9. The Labute approximate surface area is 118 Å². The molecular formula is C13H14BrFN2O2. The number of halogens is 2. The maximum absolute atomic E-state index is 13.2. The van der Waals surface area contributed by atoms with Gasteiger partial charge in [0.25, 0.3) is 5.91 Å². The maximum atomic E-state index is 13.2. The molecule has 0 spiro atoms. The van der Waals surface area contributed by atoms with Crippen molar-refractivity contribution in [3.05, 3.63) is 34.1 Å². The molecule has 1 aliphatic rings. The molecule has 0 unspecified atom stereocenters. The normalized spacial score (nSPS) is 14.0. The van der Waals surface area contributed by atoms with E-state index in [0.29, 0.717) is 6.04 Å². The molecule has 2 N–H and O–H groups in total. The third kappa shape index (κ3) is 4.02. The summed E-state index contributed by atoms with van der Waals surface area (Å²) in [5.74, 6) is -0.953. The Morgan fingerprint density at radius 3 is 2.79 bits per heavy atom. The summed E-state index contributed by atoms with van der Waals surface area (Å²) in [6.45, 7) is 0.236. The van der Waals surface area contributed by atoms with Gasteiger partial charge in [-0.1, -0.05) is 6.07 Å². The van der Waals surface area contributed by atoms with Crippen LogP contribution in [0.1, 0.15) is 29.6 Å². The number of benzene rings is 1. The molecule has 1 fully saturated rings. The molecule has 0 saturated heterocycles. The zero-order valence-corrected chi connectivity index (χ0v) is 11.8. The van der Waals surface area contributed by atoms with E-state index in [9.17, 15) is 14.0 Å². The number of hydrogen-bond donors (Lipinski definition) is 2. The molecule has 0 aliphatic heterocycles. The summed E-state index contributed by atoms with van der Waals surface area (Å²) >= 11 is 3.03. The zero-order chi connectivity index (χ0) is 13.8. The highest BCUT2D eigenvalue weighted by Crippen LogP contribution is 2.20. The van der Waals surface area contributed by atoms with Gasteiger partial charge in [0.1, 0.15) is 5.82 Å². The van der Waals surface area contributed by atoms with Crippen molar-refractivity contribution in [1.82, 2.24) is 10.6 Å². The number of amides is 2. The fourth-order valence-electron chi connectivity index (χ4n) is 1.59. The van der Waals surface area contributed by atoms with Crippen molar-refractivity contribution in [2.24, 2.45) is 0 Å². The molecule has 0 heterocycles. The van der Waals surface area contributed by atoms with Gasteiger partial charge >= 0.3 is 0 Å². The minimum atomic E-state index is -0.487. The van der Waals surface area contributed by atoms with Gasteiger partial charge in [0.15, 0.2) is 0 Å². The highest BCUT2D eigenvalue weighted by Gasteiger charge is 2.22. The lowest BCUT2D eigenvalue weighted by molar-refractivity contribution is -0.121. The van der Waals surface area contributed by atoms with E-state index >= 15 is 0 Å². The Morgan fingerprint density at radius 2 is 2.11 bits per heavy atom. The second kappa shape index (κ2) is 6.14. The van der Waals surface area contributed by atoms with E-state index in [4.69, 9.17) is 0 Å². The van der Waals surface area contributed by atoms with Gasteiger partial charge in [-0.2, -0.15) is 0 Å². The Hall–Kier alpha value is -1.43. The molecule has 6 heteroatoms. The Balaban J connectivity index is 1.80. The van der Waals surface area contributed by atoms with E-state index < -0.39 is 11.7 Å². The topological polar surface area (TPSA) is 58.2 Å². The Kier molecular flexibility index (Phi) is 4.52. The average Bonchev–Trinajstić information content (AvgIpc) is 3.16. The molecule has 0 bridgehead atoms. The molecule has 4 nitrogen and oxygen atoms in total. The summed E-state index contributed by atoms with van der Waals surface area (Å²) in [7, 11) is 0. The van der Waals surface area contributed by atoms with E-state index in [1.54, 1.807) is 0 Å². The fourth-order valence-corrected chi connectivity index (χ4v) is 2.04. The lowest BCUT2D eigenvalue weighted by Crippen LogP contribution is -2.31. The van der Waals surface area contributed by atoms with Crippen molar-refractivity contribution in [3.63, 3.8) is 0 Å². The molecule has 2 amide bonds. The lowest BCUT2D eigenvalue weighted by atomic mass is 10.2. The van der Waals surface area contributed by atoms with Crippen LogP contribution in [0.3, 0.4) is 0 Å². The van der Waals surface area contributed by atoms with Crippen LogP contribution in [0.5, 0.6) is 0 Å². The first kappa shape index (κ1) is 14.0. The van der Waals surface area contributed by atoms with Gasteiger partial charge in [-0.15, -0.1) is 0 Å². The molecule has 0 radical (unpaired) electrons. The Morgan fingerprint density at radius 1 is 1.37 bits per heavy atom. The number of rotatable bonds is 5. The van der Waals surface area contributed by atoms with E-state index in [1.165, 1.54) is 18.2 Å². The third-order valence-electron chi connectivity index (χ3n) is 2.78. The largest absolute Gasteiger partial charge is 0.353 e. The van der Waals surface area contributed by atoms with Crippen LogP contribution >= 0.6 is 15.9 Å². The van der Waals surface area contributed by atoms with Crippen LogP contribution in [0, 0.1) is 5.82 Å². The Bertz CT molecular complexity index is 503. The van der Waals surface area contributed by atoms with Crippen molar-refractivity contribution in [2.45, 2.75) is 25.3 Å². The number of carbonyl (C=O) groups is 2. The molecule has 102 valence electrons. The molecule has 19 heavy (non-hydrogen) atoms. The third-order valence-corrected chi connectivity index (χ3v) is 3.58. The van der Waals surface area contributed by atoms with E-state index in [2.05, 4.69) is 26.6 Å². The summed E-state index contributed by atoms with van der Waals surface area (Å²) in [5.41, 5.74) is 0.225. The van der Waals surface area contributed by atoms with E-state index in [1.807, 2.05) is 0 Å². The zero-order valence-electron chi connectivity index (χ0n) is 10.2. The minimum absolute atomic E-state index is 0.0684. The molecular weight excluding hydrogens is 315 g/mol. The van der Waals surface area contributed by atoms with Crippen LogP contribution in [0.15, 0.2) is 22.7 Å². The summed E-state index contributed by atoms with van der Waals surface area (Å²) < 4.78 is 13.4. The summed E-state index contributed by atoms with van der Waals surface area (Å²) in [4.78, 5) is 23.2.